The number of carbonyl (C=O) groups is 1. The first kappa shape index (κ1) is 20.8. The van der Waals surface area contributed by atoms with Crippen LogP contribution in [0.3, 0.4) is 0 Å². The molecule has 0 aliphatic rings. The molecule has 0 heterocycles. The zero-order valence-electron chi connectivity index (χ0n) is 14.4. The Morgan fingerprint density at radius 1 is 1.16 bits per heavy atom. The summed E-state index contributed by atoms with van der Waals surface area (Å²) in [7, 11) is -3.71. The fourth-order valence-corrected chi connectivity index (χ4v) is 2.87. The van der Waals surface area contributed by atoms with Crippen LogP contribution < -0.4 is 10.0 Å². The van der Waals surface area contributed by atoms with E-state index >= 15 is 0 Å². The number of hydrogen-bond acceptors (Lipinski definition) is 6. The molecule has 1 aromatic rings. The maximum Gasteiger partial charge on any atom is 0.407 e. The number of rotatable bonds is 8. The average Bonchev–Trinajstić information content (AvgIpc) is 2.49. The Balaban J connectivity index is 2.33. The molecule has 1 aromatic carbocycles. The minimum atomic E-state index is -3.71. The van der Waals surface area contributed by atoms with Crippen LogP contribution in [-0.2, 0) is 14.8 Å². The number of ether oxygens (including phenoxy) is 1. The molecule has 0 aliphatic heterocycles. The molecule has 0 atom stereocenters. The van der Waals surface area contributed by atoms with Gasteiger partial charge in [-0.15, -0.1) is 0 Å². The highest BCUT2D eigenvalue weighted by Gasteiger charge is 2.16. The van der Waals surface area contributed by atoms with E-state index in [-0.39, 0.29) is 17.1 Å². The Labute approximate surface area is 147 Å². The molecule has 0 saturated carbocycles. The molecule has 1 rings (SSSR count). The molecule has 140 valence electrons. The molecule has 0 bridgehead atoms. The Morgan fingerprint density at radius 3 is 2.24 bits per heavy atom. The summed E-state index contributed by atoms with van der Waals surface area (Å²) in [5.41, 5.74) is -0.739. The summed E-state index contributed by atoms with van der Waals surface area (Å²) in [6.07, 6.45) is 0.572. The Morgan fingerprint density at radius 2 is 1.72 bits per heavy atom. The van der Waals surface area contributed by atoms with Crippen molar-refractivity contribution in [1.82, 2.24) is 10.0 Å². The van der Waals surface area contributed by atoms with E-state index in [1.54, 1.807) is 20.8 Å². The Kier molecular flexibility index (Phi) is 7.31. The molecular weight excluding hydrogens is 350 g/mol. The summed E-state index contributed by atoms with van der Waals surface area (Å²) >= 11 is 0. The molecule has 0 unspecified atom stereocenters. The number of benzene rings is 1. The van der Waals surface area contributed by atoms with Gasteiger partial charge in [-0.2, -0.15) is 0 Å². The van der Waals surface area contributed by atoms with Gasteiger partial charge in [-0.3, -0.25) is 10.1 Å². The van der Waals surface area contributed by atoms with Crippen molar-refractivity contribution in [3.05, 3.63) is 34.4 Å². The summed E-state index contributed by atoms with van der Waals surface area (Å²) in [5.74, 6) is 0. The highest BCUT2D eigenvalue weighted by atomic mass is 32.2. The Bertz CT molecular complexity index is 695. The monoisotopic (exact) mass is 373 g/mol. The van der Waals surface area contributed by atoms with Gasteiger partial charge >= 0.3 is 6.09 Å². The van der Waals surface area contributed by atoms with Gasteiger partial charge in [0.1, 0.15) is 5.60 Å². The van der Waals surface area contributed by atoms with Crippen LogP contribution in [0.25, 0.3) is 0 Å². The summed E-state index contributed by atoms with van der Waals surface area (Å²) in [6.45, 7) is 5.85. The molecule has 10 heteroatoms. The number of alkyl carbamates (subject to hydrolysis) is 1. The van der Waals surface area contributed by atoms with E-state index < -0.39 is 26.6 Å². The number of nitro groups is 1. The number of nitrogens with zero attached hydrogens (tertiary/aromatic N) is 1. The van der Waals surface area contributed by atoms with Crippen LogP contribution in [0.5, 0.6) is 0 Å². The first-order valence-corrected chi connectivity index (χ1v) is 9.20. The van der Waals surface area contributed by atoms with Crippen molar-refractivity contribution in [3.8, 4) is 0 Å². The second-order valence-electron chi connectivity index (χ2n) is 6.28. The second-order valence-corrected chi connectivity index (χ2v) is 8.05. The molecule has 25 heavy (non-hydrogen) atoms. The van der Waals surface area contributed by atoms with Crippen LogP contribution in [0, 0.1) is 10.1 Å². The molecule has 0 aliphatic carbocycles. The normalized spacial score (nSPS) is 11.8. The second kappa shape index (κ2) is 8.77. The van der Waals surface area contributed by atoms with E-state index in [2.05, 4.69) is 10.0 Å². The van der Waals surface area contributed by atoms with E-state index in [0.29, 0.717) is 19.4 Å². The van der Waals surface area contributed by atoms with Gasteiger partial charge in [-0.25, -0.2) is 17.9 Å². The van der Waals surface area contributed by atoms with Gasteiger partial charge in [0.15, 0.2) is 0 Å². The van der Waals surface area contributed by atoms with Gasteiger partial charge in [0.25, 0.3) is 5.69 Å². The van der Waals surface area contributed by atoms with Gasteiger partial charge in [-0.05, 0) is 45.7 Å². The number of unbranched alkanes of at least 4 members (excludes halogenated alkanes) is 1. The van der Waals surface area contributed by atoms with E-state index in [9.17, 15) is 23.3 Å². The maximum absolute atomic E-state index is 12.0. The lowest BCUT2D eigenvalue weighted by molar-refractivity contribution is -0.384. The molecule has 2 N–H and O–H groups in total. The minimum Gasteiger partial charge on any atom is -0.444 e. The summed E-state index contributed by atoms with van der Waals surface area (Å²) in [6, 6.07) is 4.65. The van der Waals surface area contributed by atoms with Crippen molar-refractivity contribution >= 4 is 21.8 Å². The molecule has 0 fully saturated rings. The third kappa shape index (κ3) is 7.94. The fraction of sp³-hybridized carbons (Fsp3) is 0.533. The van der Waals surface area contributed by atoms with Crippen LogP contribution in [0.2, 0.25) is 0 Å². The van der Waals surface area contributed by atoms with Gasteiger partial charge in [0.2, 0.25) is 10.0 Å². The number of hydrogen-bond donors (Lipinski definition) is 2. The number of sulfonamides is 1. The van der Waals surface area contributed by atoms with Crippen LogP contribution in [0.15, 0.2) is 29.2 Å². The van der Waals surface area contributed by atoms with Crippen molar-refractivity contribution in [1.29, 1.82) is 0 Å². The summed E-state index contributed by atoms with van der Waals surface area (Å²) in [5, 5.41) is 13.1. The number of nitrogens with one attached hydrogen (secondary N) is 2. The quantitative estimate of drug-likeness (QED) is 0.408. The number of nitro benzene ring substituents is 1. The van der Waals surface area contributed by atoms with Gasteiger partial charge in [0.05, 0.1) is 9.82 Å². The molecular formula is C15H23N3O6S. The zero-order valence-corrected chi connectivity index (χ0v) is 15.3. The minimum absolute atomic E-state index is 0.0371. The van der Waals surface area contributed by atoms with E-state index in [1.165, 1.54) is 12.1 Å². The van der Waals surface area contributed by atoms with Crippen molar-refractivity contribution < 1.29 is 22.9 Å². The van der Waals surface area contributed by atoms with E-state index in [0.717, 1.165) is 12.1 Å². The van der Waals surface area contributed by atoms with Gasteiger partial charge < -0.3 is 10.1 Å². The molecule has 1 amide bonds. The number of amides is 1. The van der Waals surface area contributed by atoms with Gasteiger partial charge in [-0.1, -0.05) is 0 Å². The van der Waals surface area contributed by atoms with Crippen LogP contribution >= 0.6 is 0 Å². The molecule has 0 saturated heterocycles. The first-order valence-electron chi connectivity index (χ1n) is 7.72. The maximum atomic E-state index is 12.0. The van der Waals surface area contributed by atoms with Crippen LogP contribution in [0.4, 0.5) is 10.5 Å². The topological polar surface area (TPSA) is 128 Å². The average molecular weight is 373 g/mol. The lowest BCUT2D eigenvalue weighted by Crippen LogP contribution is -2.33. The van der Waals surface area contributed by atoms with Crippen molar-refractivity contribution in [3.63, 3.8) is 0 Å². The fourth-order valence-electron chi connectivity index (χ4n) is 1.79. The standard InChI is InChI=1S/C15H23N3O6S/c1-15(2,3)24-14(19)16-10-4-5-11-17-25(22,23)13-8-6-12(7-9-13)18(20)21/h6-9,17H,4-5,10-11H2,1-3H3,(H,16,19). The van der Waals surface area contributed by atoms with Gasteiger partial charge in [0, 0.05) is 25.2 Å². The Hall–Kier alpha value is -2.20. The number of carbonyl (C=O) groups excluding carboxylic acids is 1. The van der Waals surface area contributed by atoms with Crippen molar-refractivity contribution in [2.24, 2.45) is 0 Å². The number of non-ortho nitro benzene ring substituents is 1. The lowest BCUT2D eigenvalue weighted by atomic mass is 10.2. The third-order valence-electron chi connectivity index (χ3n) is 2.92. The predicted molar refractivity (Wildman–Crippen MR) is 91.8 cm³/mol. The lowest BCUT2D eigenvalue weighted by Gasteiger charge is -2.19. The first-order chi connectivity index (χ1) is 11.5. The smallest absolute Gasteiger partial charge is 0.407 e. The molecule has 0 aromatic heterocycles. The molecule has 0 radical (unpaired) electrons. The molecule has 9 nitrogen and oxygen atoms in total. The molecule has 0 spiro atoms. The van der Waals surface area contributed by atoms with Crippen LogP contribution in [-0.4, -0.2) is 38.1 Å². The summed E-state index contributed by atoms with van der Waals surface area (Å²) in [4.78, 5) is 21.3. The summed E-state index contributed by atoms with van der Waals surface area (Å²) < 4.78 is 31.6. The largest absolute Gasteiger partial charge is 0.444 e. The third-order valence-corrected chi connectivity index (χ3v) is 4.40. The highest BCUT2D eigenvalue weighted by Crippen LogP contribution is 2.15. The predicted octanol–water partition coefficient (Wildman–Crippen LogP) is 2.18. The van der Waals surface area contributed by atoms with Crippen LogP contribution in [0.1, 0.15) is 33.6 Å². The van der Waals surface area contributed by atoms with Crippen molar-refractivity contribution in [2.75, 3.05) is 13.1 Å². The van der Waals surface area contributed by atoms with Crippen molar-refractivity contribution in [2.45, 2.75) is 44.1 Å². The SMILES string of the molecule is CC(C)(C)OC(=O)NCCCCNS(=O)(=O)c1ccc([N+](=O)[O-])cc1. The van der Waals surface area contributed by atoms with E-state index in [4.69, 9.17) is 4.74 Å². The zero-order chi connectivity index (χ0) is 19.1. The highest BCUT2D eigenvalue weighted by molar-refractivity contribution is 7.89. The van der Waals surface area contributed by atoms with E-state index in [1.807, 2.05) is 0 Å².